The third-order valence-corrected chi connectivity index (χ3v) is 4.67. The van der Waals surface area contributed by atoms with Gasteiger partial charge < -0.3 is 4.98 Å². The second-order valence-electron chi connectivity index (χ2n) is 5.14. The van der Waals surface area contributed by atoms with Crippen LogP contribution in [0.2, 0.25) is 0 Å². The molecule has 6 nitrogen and oxygen atoms in total. The zero-order chi connectivity index (χ0) is 16.4. The van der Waals surface area contributed by atoms with Crippen molar-refractivity contribution >= 4 is 26.8 Å². The fourth-order valence-electron chi connectivity index (χ4n) is 2.15. The molecule has 0 radical (unpaired) electrons. The zero-order valence-corrected chi connectivity index (χ0v) is 13.1. The van der Waals surface area contributed by atoms with Crippen LogP contribution in [-0.4, -0.2) is 19.3 Å². The molecule has 1 amide bonds. The normalized spacial score (nSPS) is 11.5. The molecular formula is C16H15N3O3S. The van der Waals surface area contributed by atoms with Gasteiger partial charge in [-0.3, -0.25) is 10.2 Å². The lowest BCUT2D eigenvalue weighted by atomic mass is 10.2. The Morgan fingerprint density at radius 2 is 1.74 bits per heavy atom. The molecule has 0 spiro atoms. The maximum Gasteiger partial charge on any atom is 0.282 e. The Labute approximate surface area is 133 Å². The van der Waals surface area contributed by atoms with Crippen molar-refractivity contribution in [3.05, 3.63) is 65.9 Å². The van der Waals surface area contributed by atoms with Crippen molar-refractivity contribution in [1.29, 1.82) is 0 Å². The van der Waals surface area contributed by atoms with Gasteiger partial charge in [-0.25, -0.2) is 8.42 Å². The predicted molar refractivity (Wildman–Crippen MR) is 87.3 cm³/mol. The molecule has 0 aliphatic rings. The molecule has 0 atom stereocenters. The summed E-state index contributed by atoms with van der Waals surface area (Å²) in [7, 11) is -3.81. The van der Waals surface area contributed by atoms with Crippen LogP contribution in [0.4, 0.5) is 0 Å². The highest BCUT2D eigenvalue weighted by molar-refractivity contribution is 7.89. The summed E-state index contributed by atoms with van der Waals surface area (Å²) in [5, 5.41) is 0.874. The van der Waals surface area contributed by atoms with Gasteiger partial charge in [0.25, 0.3) is 15.9 Å². The van der Waals surface area contributed by atoms with E-state index in [4.69, 9.17) is 0 Å². The van der Waals surface area contributed by atoms with Crippen molar-refractivity contribution in [3.63, 3.8) is 0 Å². The first-order valence-corrected chi connectivity index (χ1v) is 8.40. The molecule has 3 aromatic rings. The van der Waals surface area contributed by atoms with E-state index in [1.165, 1.54) is 12.1 Å². The number of nitrogens with one attached hydrogen (secondary N) is 3. The lowest BCUT2D eigenvalue weighted by molar-refractivity contribution is 0.0941. The number of hydrogen-bond donors (Lipinski definition) is 3. The number of rotatable bonds is 4. The number of benzene rings is 2. The zero-order valence-electron chi connectivity index (χ0n) is 12.3. The summed E-state index contributed by atoms with van der Waals surface area (Å²) in [4.78, 5) is 17.2. The Kier molecular flexibility index (Phi) is 3.89. The van der Waals surface area contributed by atoms with E-state index in [0.717, 1.165) is 16.5 Å². The standard InChI is InChI=1S/C16H15N3O3S/c1-11-6-8-13(9-7-11)23(21,22)19-18-16(20)15-10-12-4-2-3-5-14(12)17-15/h2-10,17,19H,1H3,(H,18,20). The summed E-state index contributed by atoms with van der Waals surface area (Å²) < 4.78 is 24.2. The average molecular weight is 329 g/mol. The maximum absolute atomic E-state index is 12.1. The highest BCUT2D eigenvalue weighted by Gasteiger charge is 2.16. The molecule has 0 fully saturated rings. The SMILES string of the molecule is Cc1ccc(S(=O)(=O)NNC(=O)c2cc3ccccc3[nH]2)cc1. The van der Waals surface area contributed by atoms with Crippen LogP contribution in [0.1, 0.15) is 16.1 Å². The van der Waals surface area contributed by atoms with E-state index in [-0.39, 0.29) is 10.6 Å². The summed E-state index contributed by atoms with van der Waals surface area (Å²) in [6.45, 7) is 1.86. The Morgan fingerprint density at radius 3 is 2.43 bits per heavy atom. The highest BCUT2D eigenvalue weighted by Crippen LogP contribution is 2.14. The monoisotopic (exact) mass is 329 g/mol. The van der Waals surface area contributed by atoms with Gasteiger partial charge in [-0.2, -0.15) is 0 Å². The van der Waals surface area contributed by atoms with Gasteiger partial charge in [0.15, 0.2) is 0 Å². The third-order valence-electron chi connectivity index (χ3n) is 3.40. The van der Waals surface area contributed by atoms with E-state index in [9.17, 15) is 13.2 Å². The molecular weight excluding hydrogens is 314 g/mol. The number of aryl methyl sites for hydroxylation is 1. The van der Waals surface area contributed by atoms with E-state index in [0.29, 0.717) is 0 Å². The topological polar surface area (TPSA) is 91.1 Å². The number of para-hydroxylation sites is 1. The molecule has 3 rings (SSSR count). The number of amides is 1. The van der Waals surface area contributed by atoms with Crippen LogP contribution in [0.25, 0.3) is 10.9 Å². The summed E-state index contributed by atoms with van der Waals surface area (Å²) in [6.07, 6.45) is 0. The number of aromatic nitrogens is 1. The molecule has 23 heavy (non-hydrogen) atoms. The number of carbonyl (C=O) groups excluding carboxylic acids is 1. The van der Waals surface area contributed by atoms with Crippen LogP contribution >= 0.6 is 0 Å². The number of fused-ring (bicyclic) bond motifs is 1. The fourth-order valence-corrected chi connectivity index (χ4v) is 2.99. The molecule has 0 saturated carbocycles. The second-order valence-corrected chi connectivity index (χ2v) is 6.83. The summed E-state index contributed by atoms with van der Waals surface area (Å²) in [5.74, 6) is -0.558. The Morgan fingerprint density at radius 1 is 1.04 bits per heavy atom. The molecule has 0 saturated heterocycles. The van der Waals surface area contributed by atoms with Gasteiger partial charge in [0.05, 0.1) is 4.90 Å². The van der Waals surface area contributed by atoms with E-state index in [2.05, 4.69) is 15.2 Å². The lowest BCUT2D eigenvalue weighted by Crippen LogP contribution is -2.41. The second kappa shape index (κ2) is 5.86. The van der Waals surface area contributed by atoms with E-state index in [1.807, 2.05) is 31.2 Å². The molecule has 0 unspecified atom stereocenters. The smallest absolute Gasteiger partial charge is 0.282 e. The van der Waals surface area contributed by atoms with Crippen LogP contribution in [0, 0.1) is 6.92 Å². The van der Waals surface area contributed by atoms with E-state index < -0.39 is 15.9 Å². The van der Waals surface area contributed by atoms with E-state index in [1.54, 1.807) is 18.2 Å². The molecule has 0 aliphatic heterocycles. The number of H-pyrrole nitrogens is 1. The van der Waals surface area contributed by atoms with Crippen LogP contribution in [-0.2, 0) is 10.0 Å². The van der Waals surface area contributed by atoms with Gasteiger partial charge in [-0.1, -0.05) is 35.9 Å². The molecule has 0 aliphatic carbocycles. The first-order valence-electron chi connectivity index (χ1n) is 6.92. The Bertz CT molecular complexity index is 927. The number of hydrazine groups is 1. The van der Waals surface area contributed by atoms with Crippen molar-refractivity contribution in [2.24, 2.45) is 0 Å². The van der Waals surface area contributed by atoms with Crippen LogP contribution in [0.5, 0.6) is 0 Å². The van der Waals surface area contributed by atoms with Gasteiger partial charge in [0.1, 0.15) is 5.69 Å². The minimum Gasteiger partial charge on any atom is -0.350 e. The minimum atomic E-state index is -3.81. The molecule has 7 heteroatoms. The largest absolute Gasteiger partial charge is 0.350 e. The molecule has 3 N–H and O–H groups in total. The van der Waals surface area contributed by atoms with Gasteiger partial charge in [0, 0.05) is 10.9 Å². The van der Waals surface area contributed by atoms with Gasteiger partial charge >= 0.3 is 0 Å². The maximum atomic E-state index is 12.1. The lowest BCUT2D eigenvalue weighted by Gasteiger charge is -2.07. The number of sulfonamides is 1. The van der Waals surface area contributed by atoms with Crippen LogP contribution in [0.3, 0.4) is 0 Å². The van der Waals surface area contributed by atoms with Crippen LogP contribution < -0.4 is 10.3 Å². The van der Waals surface area contributed by atoms with Crippen molar-refractivity contribution < 1.29 is 13.2 Å². The minimum absolute atomic E-state index is 0.0834. The van der Waals surface area contributed by atoms with Crippen molar-refractivity contribution in [2.45, 2.75) is 11.8 Å². The average Bonchev–Trinajstić information content (AvgIpc) is 2.97. The molecule has 2 aromatic carbocycles. The number of hydrogen-bond acceptors (Lipinski definition) is 3. The molecule has 1 aromatic heterocycles. The van der Waals surface area contributed by atoms with Crippen molar-refractivity contribution in [2.75, 3.05) is 0 Å². The number of aromatic amines is 1. The number of carbonyl (C=O) groups is 1. The quantitative estimate of drug-likeness (QED) is 0.640. The Hall–Kier alpha value is -2.64. The highest BCUT2D eigenvalue weighted by atomic mass is 32.2. The van der Waals surface area contributed by atoms with E-state index >= 15 is 0 Å². The molecule has 118 valence electrons. The Balaban J connectivity index is 1.74. The summed E-state index contributed by atoms with van der Waals surface area (Å²) >= 11 is 0. The molecule has 0 bridgehead atoms. The summed E-state index contributed by atoms with van der Waals surface area (Å²) in [6, 6.07) is 15.4. The summed E-state index contributed by atoms with van der Waals surface area (Å²) in [5.41, 5.74) is 4.24. The van der Waals surface area contributed by atoms with Gasteiger partial charge in [0.2, 0.25) is 0 Å². The van der Waals surface area contributed by atoms with Gasteiger partial charge in [-0.05, 0) is 31.2 Å². The predicted octanol–water partition coefficient (Wildman–Crippen LogP) is 2.10. The van der Waals surface area contributed by atoms with Crippen molar-refractivity contribution in [1.82, 2.24) is 15.2 Å². The first kappa shape index (κ1) is 15.3. The van der Waals surface area contributed by atoms with Crippen LogP contribution in [0.15, 0.2) is 59.5 Å². The van der Waals surface area contributed by atoms with Gasteiger partial charge in [-0.15, -0.1) is 4.83 Å². The van der Waals surface area contributed by atoms with Crippen molar-refractivity contribution in [3.8, 4) is 0 Å². The fraction of sp³-hybridized carbons (Fsp3) is 0.0625. The first-order chi connectivity index (χ1) is 11.0. The third kappa shape index (κ3) is 3.25. The molecule has 1 heterocycles.